The molecule has 1 fully saturated rings. The number of hydrogen-bond donors (Lipinski definition) is 2. The summed E-state index contributed by atoms with van der Waals surface area (Å²) < 4.78 is 0. The second-order valence-electron chi connectivity index (χ2n) is 4.86. The molecule has 1 heterocycles. The number of hydrogen-bond acceptors (Lipinski definition) is 2. The van der Waals surface area contributed by atoms with Crippen LogP contribution in [0.25, 0.3) is 0 Å². The van der Waals surface area contributed by atoms with Crippen molar-refractivity contribution in [3.05, 3.63) is 29.8 Å². The Morgan fingerprint density at radius 1 is 1.33 bits per heavy atom. The highest BCUT2D eigenvalue weighted by Gasteiger charge is 2.29. The minimum Gasteiger partial charge on any atom is -0.481 e. The predicted molar refractivity (Wildman–Crippen MR) is 67.8 cm³/mol. The number of amides is 2. The number of nitrogens with one attached hydrogen (secondary N) is 1. The molecule has 0 unspecified atom stereocenters. The molecule has 5 nitrogen and oxygen atoms in total. The monoisotopic (exact) mass is 248 g/mol. The smallest absolute Gasteiger partial charge is 0.321 e. The van der Waals surface area contributed by atoms with E-state index >= 15 is 0 Å². The van der Waals surface area contributed by atoms with Crippen LogP contribution in [0.5, 0.6) is 0 Å². The van der Waals surface area contributed by atoms with Crippen molar-refractivity contribution < 1.29 is 14.7 Å². The van der Waals surface area contributed by atoms with Crippen LogP contribution in [0.15, 0.2) is 24.3 Å². The summed E-state index contributed by atoms with van der Waals surface area (Å²) in [6.45, 7) is 4.60. The fourth-order valence-electron chi connectivity index (χ4n) is 1.90. The Balaban J connectivity index is 2.25. The van der Waals surface area contributed by atoms with Crippen LogP contribution in [-0.4, -0.2) is 30.2 Å². The Morgan fingerprint density at radius 3 is 2.39 bits per heavy atom. The summed E-state index contributed by atoms with van der Waals surface area (Å²) in [4.78, 5) is 24.3. The maximum absolute atomic E-state index is 11.5. The molecule has 2 rings (SSSR count). The van der Waals surface area contributed by atoms with Gasteiger partial charge >= 0.3 is 12.0 Å². The summed E-state index contributed by atoms with van der Waals surface area (Å²) in [5, 5.41) is 11.9. The molecule has 0 saturated carbocycles. The van der Waals surface area contributed by atoms with Crippen LogP contribution in [-0.2, 0) is 10.2 Å². The summed E-state index contributed by atoms with van der Waals surface area (Å²) in [6.07, 6.45) is 0. The number of rotatable bonds is 3. The van der Waals surface area contributed by atoms with E-state index in [1.807, 2.05) is 0 Å². The van der Waals surface area contributed by atoms with E-state index in [2.05, 4.69) is 5.32 Å². The molecular formula is C13H16N2O3. The fraction of sp³-hybridized carbons (Fsp3) is 0.385. The lowest BCUT2D eigenvalue weighted by molar-refractivity contribution is -0.142. The van der Waals surface area contributed by atoms with Gasteiger partial charge in [0.15, 0.2) is 0 Å². The Kier molecular flexibility index (Phi) is 2.98. The molecule has 1 aromatic rings. The topological polar surface area (TPSA) is 69.6 Å². The van der Waals surface area contributed by atoms with Gasteiger partial charge in [0.2, 0.25) is 0 Å². The first-order valence-corrected chi connectivity index (χ1v) is 5.82. The zero-order chi connectivity index (χ0) is 13.3. The Labute approximate surface area is 105 Å². The second kappa shape index (κ2) is 4.33. The van der Waals surface area contributed by atoms with Crippen LogP contribution < -0.4 is 10.2 Å². The van der Waals surface area contributed by atoms with Gasteiger partial charge in [0.25, 0.3) is 0 Å². The first-order valence-electron chi connectivity index (χ1n) is 5.82. The number of aliphatic carboxylic acids is 1. The van der Waals surface area contributed by atoms with Gasteiger partial charge in [0.05, 0.1) is 5.41 Å². The minimum absolute atomic E-state index is 0.111. The Bertz CT molecular complexity index is 480. The van der Waals surface area contributed by atoms with Crippen molar-refractivity contribution in [2.45, 2.75) is 19.3 Å². The third-order valence-corrected chi connectivity index (χ3v) is 3.29. The van der Waals surface area contributed by atoms with Gasteiger partial charge in [0.1, 0.15) is 0 Å². The van der Waals surface area contributed by atoms with Gasteiger partial charge in [-0.3, -0.25) is 9.69 Å². The van der Waals surface area contributed by atoms with E-state index in [9.17, 15) is 9.59 Å². The molecule has 1 aliphatic heterocycles. The molecule has 1 aliphatic rings. The zero-order valence-electron chi connectivity index (χ0n) is 10.4. The maximum Gasteiger partial charge on any atom is 0.321 e. The van der Waals surface area contributed by atoms with Crippen LogP contribution in [0, 0.1) is 0 Å². The Hall–Kier alpha value is -2.04. The number of anilines is 1. The van der Waals surface area contributed by atoms with Gasteiger partial charge in [0, 0.05) is 18.8 Å². The normalized spacial score (nSPS) is 15.7. The summed E-state index contributed by atoms with van der Waals surface area (Å²) >= 11 is 0. The molecule has 96 valence electrons. The van der Waals surface area contributed by atoms with Crippen molar-refractivity contribution in [3.8, 4) is 0 Å². The third kappa shape index (κ3) is 2.03. The van der Waals surface area contributed by atoms with Gasteiger partial charge in [-0.2, -0.15) is 0 Å². The highest BCUT2D eigenvalue weighted by atomic mass is 16.4. The molecule has 0 aliphatic carbocycles. The van der Waals surface area contributed by atoms with Crippen LogP contribution in [0.2, 0.25) is 0 Å². The van der Waals surface area contributed by atoms with Crippen molar-refractivity contribution >= 4 is 17.7 Å². The van der Waals surface area contributed by atoms with Gasteiger partial charge in [-0.15, -0.1) is 0 Å². The maximum atomic E-state index is 11.5. The molecule has 2 N–H and O–H groups in total. The highest BCUT2D eigenvalue weighted by Crippen LogP contribution is 2.26. The molecule has 0 aromatic heterocycles. The number of nitrogens with zero attached hydrogens (tertiary/aromatic N) is 1. The lowest BCUT2D eigenvalue weighted by Crippen LogP contribution is -2.29. The second-order valence-corrected chi connectivity index (χ2v) is 4.86. The molecule has 0 spiro atoms. The number of carbonyl (C=O) groups is 2. The summed E-state index contributed by atoms with van der Waals surface area (Å²) in [5.41, 5.74) is 0.583. The SMILES string of the molecule is CC(C)(C(=O)O)c1ccc(N2CCNC2=O)cc1. The molecule has 0 radical (unpaired) electrons. The lowest BCUT2D eigenvalue weighted by Gasteiger charge is -2.21. The lowest BCUT2D eigenvalue weighted by atomic mass is 9.85. The van der Waals surface area contributed by atoms with Crippen molar-refractivity contribution in [3.63, 3.8) is 0 Å². The zero-order valence-corrected chi connectivity index (χ0v) is 10.4. The molecule has 1 saturated heterocycles. The van der Waals surface area contributed by atoms with Gasteiger partial charge in [-0.1, -0.05) is 12.1 Å². The summed E-state index contributed by atoms with van der Waals surface area (Å²) in [6, 6.07) is 6.97. The quantitative estimate of drug-likeness (QED) is 0.853. The van der Waals surface area contributed by atoms with E-state index in [1.54, 1.807) is 43.0 Å². The molecule has 5 heteroatoms. The minimum atomic E-state index is -0.925. The summed E-state index contributed by atoms with van der Waals surface area (Å²) in [7, 11) is 0. The predicted octanol–water partition coefficient (Wildman–Crippen LogP) is 1.58. The largest absolute Gasteiger partial charge is 0.481 e. The first-order chi connectivity index (χ1) is 8.43. The standard InChI is InChI=1S/C13H16N2O3/c1-13(2,11(16)17)9-3-5-10(6-4-9)15-8-7-14-12(15)18/h3-6H,7-8H2,1-2H3,(H,14,18)(H,16,17). The van der Waals surface area contributed by atoms with Crippen molar-refractivity contribution in [1.82, 2.24) is 5.32 Å². The van der Waals surface area contributed by atoms with E-state index < -0.39 is 11.4 Å². The van der Waals surface area contributed by atoms with Crippen LogP contribution in [0.1, 0.15) is 19.4 Å². The number of carboxylic acid groups (broad SMARTS) is 1. The van der Waals surface area contributed by atoms with E-state index in [-0.39, 0.29) is 6.03 Å². The van der Waals surface area contributed by atoms with Crippen LogP contribution in [0.4, 0.5) is 10.5 Å². The van der Waals surface area contributed by atoms with Crippen molar-refractivity contribution in [2.75, 3.05) is 18.0 Å². The number of benzene rings is 1. The third-order valence-electron chi connectivity index (χ3n) is 3.29. The van der Waals surface area contributed by atoms with E-state index in [0.29, 0.717) is 13.1 Å². The molecular weight excluding hydrogens is 232 g/mol. The molecule has 2 amide bonds. The van der Waals surface area contributed by atoms with Gasteiger partial charge in [-0.05, 0) is 31.5 Å². The first kappa shape index (κ1) is 12.4. The molecule has 0 atom stereocenters. The highest BCUT2D eigenvalue weighted by molar-refractivity contribution is 5.94. The van der Waals surface area contributed by atoms with Crippen LogP contribution >= 0.6 is 0 Å². The number of carbonyl (C=O) groups excluding carboxylic acids is 1. The average Bonchev–Trinajstić information content (AvgIpc) is 2.75. The van der Waals surface area contributed by atoms with Gasteiger partial charge in [-0.25, -0.2) is 4.79 Å². The summed E-state index contributed by atoms with van der Waals surface area (Å²) in [5.74, 6) is -0.867. The van der Waals surface area contributed by atoms with Crippen molar-refractivity contribution in [2.24, 2.45) is 0 Å². The average molecular weight is 248 g/mol. The van der Waals surface area contributed by atoms with E-state index in [1.165, 1.54) is 0 Å². The van der Waals surface area contributed by atoms with E-state index in [0.717, 1.165) is 11.3 Å². The van der Waals surface area contributed by atoms with Crippen molar-refractivity contribution in [1.29, 1.82) is 0 Å². The van der Waals surface area contributed by atoms with E-state index in [4.69, 9.17) is 5.11 Å². The molecule has 1 aromatic carbocycles. The fourth-order valence-corrected chi connectivity index (χ4v) is 1.90. The number of urea groups is 1. The molecule has 18 heavy (non-hydrogen) atoms. The van der Waals surface area contributed by atoms with Crippen LogP contribution in [0.3, 0.4) is 0 Å². The van der Waals surface area contributed by atoms with Gasteiger partial charge < -0.3 is 10.4 Å². The number of carboxylic acids is 1. The Morgan fingerprint density at radius 2 is 1.94 bits per heavy atom. The molecule has 0 bridgehead atoms.